The molecule has 0 atom stereocenters. The van der Waals surface area contributed by atoms with Crippen LogP contribution < -0.4 is 0 Å². The van der Waals surface area contributed by atoms with Gasteiger partial charge in [0.05, 0.1) is 6.61 Å². The molecule has 0 rings (SSSR count). The van der Waals surface area contributed by atoms with Crippen LogP contribution in [0.5, 0.6) is 0 Å². The summed E-state index contributed by atoms with van der Waals surface area (Å²) in [5.41, 5.74) is 0. The number of hydrogen-bond donors (Lipinski definition) is 0. The second kappa shape index (κ2) is 3.02. The van der Waals surface area contributed by atoms with Crippen LogP contribution >= 0.6 is 0 Å². The Kier molecular flexibility index (Phi) is 2.93. The van der Waals surface area contributed by atoms with Crippen molar-refractivity contribution in [1.82, 2.24) is 0 Å². The SMILES string of the molecule is CCO[Si](C)=O. The molecule has 0 saturated carbocycles. The Hall–Kier alpha value is -0.183. The van der Waals surface area contributed by atoms with E-state index in [1.807, 2.05) is 6.92 Å². The van der Waals surface area contributed by atoms with E-state index >= 15 is 0 Å². The molecule has 0 aromatic carbocycles. The minimum atomic E-state index is -1.64. The molecule has 0 radical (unpaired) electrons. The molecular weight excluding hydrogens is 96.1 g/mol. The van der Waals surface area contributed by atoms with Crippen LogP contribution in [0.25, 0.3) is 0 Å². The van der Waals surface area contributed by atoms with Gasteiger partial charge in [-0.05, 0) is 6.92 Å². The predicted molar refractivity (Wildman–Crippen MR) is 23.9 cm³/mol. The lowest BCUT2D eigenvalue weighted by atomic mass is 10.9. The second-order valence-corrected chi connectivity index (χ2v) is 2.20. The Labute approximate surface area is 38.9 Å². The van der Waals surface area contributed by atoms with Crippen molar-refractivity contribution < 1.29 is 8.89 Å². The summed E-state index contributed by atoms with van der Waals surface area (Å²) in [6, 6.07) is 0. The molecule has 0 saturated heterocycles. The van der Waals surface area contributed by atoms with Crippen molar-refractivity contribution in [2.24, 2.45) is 0 Å². The summed E-state index contributed by atoms with van der Waals surface area (Å²) in [5.74, 6) is 0. The molecular formula is C3H8O2Si. The van der Waals surface area contributed by atoms with Crippen molar-refractivity contribution in [1.29, 1.82) is 0 Å². The Balaban J connectivity index is 2.83. The summed E-state index contributed by atoms with van der Waals surface area (Å²) in [5, 5.41) is 0. The van der Waals surface area contributed by atoms with E-state index in [-0.39, 0.29) is 0 Å². The van der Waals surface area contributed by atoms with Gasteiger partial charge in [-0.25, -0.2) is 0 Å². The van der Waals surface area contributed by atoms with Crippen molar-refractivity contribution in [3.8, 4) is 0 Å². The Morgan fingerprint density at radius 3 is 2.33 bits per heavy atom. The van der Waals surface area contributed by atoms with Gasteiger partial charge in [0.25, 0.3) is 0 Å². The van der Waals surface area contributed by atoms with Crippen molar-refractivity contribution in [2.45, 2.75) is 13.5 Å². The summed E-state index contributed by atoms with van der Waals surface area (Å²) in [6.07, 6.45) is 0. The van der Waals surface area contributed by atoms with E-state index in [2.05, 4.69) is 4.43 Å². The smallest absolute Gasteiger partial charge is 0.499 e. The number of hydrogen-bond acceptors (Lipinski definition) is 2. The first-order valence-corrected chi connectivity index (χ1v) is 3.72. The molecule has 0 heterocycles. The first-order valence-electron chi connectivity index (χ1n) is 1.90. The summed E-state index contributed by atoms with van der Waals surface area (Å²) in [7, 11) is -1.64. The fourth-order valence-electron chi connectivity index (χ4n) is 0.203. The first-order chi connectivity index (χ1) is 2.77. The largest absolute Gasteiger partial charge is 0.525 e. The van der Waals surface area contributed by atoms with Crippen LogP contribution in [0.3, 0.4) is 0 Å². The third-order valence-corrected chi connectivity index (χ3v) is 1.04. The molecule has 2 nitrogen and oxygen atoms in total. The van der Waals surface area contributed by atoms with E-state index in [0.29, 0.717) is 6.61 Å². The quantitative estimate of drug-likeness (QED) is 0.479. The molecule has 0 fully saturated rings. The second-order valence-electron chi connectivity index (χ2n) is 0.925. The maximum atomic E-state index is 10.0. The zero-order valence-corrected chi connectivity index (χ0v) is 5.02. The normalized spacial score (nSPS) is 7.67. The third kappa shape index (κ3) is 3.82. The number of rotatable bonds is 2. The van der Waals surface area contributed by atoms with Crippen molar-refractivity contribution in [3.63, 3.8) is 0 Å². The Bertz CT molecular complexity index is 52.8. The maximum Gasteiger partial charge on any atom is 0.499 e. The van der Waals surface area contributed by atoms with Gasteiger partial charge >= 0.3 is 8.93 Å². The highest BCUT2D eigenvalue weighted by Gasteiger charge is 1.88. The molecule has 0 unspecified atom stereocenters. The molecule has 0 N–H and O–H groups in total. The van der Waals surface area contributed by atoms with Gasteiger partial charge in [-0.2, -0.15) is 0 Å². The van der Waals surface area contributed by atoms with Crippen LogP contribution in [-0.2, 0) is 8.89 Å². The minimum Gasteiger partial charge on any atom is -0.525 e. The molecule has 0 aliphatic heterocycles. The van der Waals surface area contributed by atoms with Crippen LogP contribution in [0.15, 0.2) is 0 Å². The van der Waals surface area contributed by atoms with E-state index in [4.69, 9.17) is 0 Å². The molecule has 0 spiro atoms. The predicted octanol–water partition coefficient (Wildman–Crippen LogP) is 0.571. The van der Waals surface area contributed by atoms with Gasteiger partial charge in [0.15, 0.2) is 0 Å². The lowest BCUT2D eigenvalue weighted by molar-refractivity contribution is 0.312. The molecule has 0 aliphatic rings. The standard InChI is InChI=1S/C3H8O2Si/c1-3-5-6(2)4/h3H2,1-2H3. The fourth-order valence-corrected chi connectivity index (χ4v) is 0.610. The Morgan fingerprint density at radius 2 is 2.33 bits per heavy atom. The van der Waals surface area contributed by atoms with Crippen LogP contribution in [0.4, 0.5) is 0 Å². The summed E-state index contributed by atoms with van der Waals surface area (Å²) < 4.78 is 14.6. The van der Waals surface area contributed by atoms with E-state index in [9.17, 15) is 4.46 Å². The average molecular weight is 104 g/mol. The van der Waals surface area contributed by atoms with Gasteiger partial charge in [0, 0.05) is 6.55 Å². The average Bonchev–Trinajstić information content (AvgIpc) is 1.35. The van der Waals surface area contributed by atoms with Gasteiger partial charge in [-0.15, -0.1) is 0 Å². The van der Waals surface area contributed by atoms with E-state index in [1.165, 1.54) is 0 Å². The highest BCUT2D eigenvalue weighted by molar-refractivity contribution is 6.32. The minimum absolute atomic E-state index is 0.564. The molecule has 0 aromatic rings. The lowest BCUT2D eigenvalue weighted by Crippen LogP contribution is -1.98. The van der Waals surface area contributed by atoms with Gasteiger partial charge in [0.2, 0.25) is 0 Å². The lowest BCUT2D eigenvalue weighted by Gasteiger charge is -1.88. The summed E-state index contributed by atoms with van der Waals surface area (Å²) >= 11 is 0. The van der Waals surface area contributed by atoms with Gasteiger partial charge in [-0.3, -0.25) is 0 Å². The zero-order valence-electron chi connectivity index (χ0n) is 4.02. The first kappa shape index (κ1) is 5.82. The van der Waals surface area contributed by atoms with Gasteiger partial charge in [0.1, 0.15) is 0 Å². The summed E-state index contributed by atoms with van der Waals surface area (Å²) in [4.78, 5) is 0. The molecule has 0 aromatic heterocycles. The fraction of sp³-hybridized carbons (Fsp3) is 1.00. The van der Waals surface area contributed by atoms with E-state index < -0.39 is 8.93 Å². The maximum absolute atomic E-state index is 10.0. The van der Waals surface area contributed by atoms with E-state index in [1.54, 1.807) is 6.55 Å². The van der Waals surface area contributed by atoms with Crippen molar-refractivity contribution in [2.75, 3.05) is 6.61 Å². The van der Waals surface area contributed by atoms with Crippen molar-refractivity contribution in [3.05, 3.63) is 0 Å². The van der Waals surface area contributed by atoms with Crippen LogP contribution in [0.1, 0.15) is 6.92 Å². The van der Waals surface area contributed by atoms with Gasteiger partial charge < -0.3 is 8.89 Å². The highest BCUT2D eigenvalue weighted by atomic mass is 28.3. The molecule has 6 heavy (non-hydrogen) atoms. The van der Waals surface area contributed by atoms with Gasteiger partial charge in [-0.1, -0.05) is 0 Å². The van der Waals surface area contributed by atoms with Crippen LogP contribution in [0.2, 0.25) is 6.55 Å². The van der Waals surface area contributed by atoms with E-state index in [0.717, 1.165) is 0 Å². The molecule has 0 bridgehead atoms. The molecule has 3 heteroatoms. The topological polar surface area (TPSA) is 26.3 Å². The third-order valence-electron chi connectivity index (χ3n) is 0.348. The van der Waals surface area contributed by atoms with Crippen LogP contribution in [-0.4, -0.2) is 15.5 Å². The molecule has 0 amide bonds. The molecule has 0 aliphatic carbocycles. The van der Waals surface area contributed by atoms with Crippen LogP contribution in [0, 0.1) is 0 Å². The monoisotopic (exact) mass is 104 g/mol. The summed E-state index contributed by atoms with van der Waals surface area (Å²) in [6.45, 7) is 3.97. The molecule has 36 valence electrons. The Morgan fingerprint density at radius 1 is 1.83 bits per heavy atom. The highest BCUT2D eigenvalue weighted by Crippen LogP contribution is 1.67. The zero-order chi connectivity index (χ0) is 4.99. The van der Waals surface area contributed by atoms with Crippen molar-refractivity contribution >= 4 is 8.93 Å².